The predicted molar refractivity (Wildman–Crippen MR) is 133 cm³/mol. The fourth-order valence-corrected chi connectivity index (χ4v) is 7.24. The van der Waals surface area contributed by atoms with E-state index in [0.717, 1.165) is 56.3 Å². The second kappa shape index (κ2) is 10.1. The molecule has 0 radical (unpaired) electrons. The molecule has 3 aromatic heterocycles. The first-order valence-corrected chi connectivity index (χ1v) is 14.5. The van der Waals surface area contributed by atoms with Crippen molar-refractivity contribution in [1.29, 1.82) is 0 Å². The average molecular weight is 605 g/mol. The monoisotopic (exact) mass is 605 g/mol. The van der Waals surface area contributed by atoms with Crippen LogP contribution in [0, 0.1) is 6.92 Å². The van der Waals surface area contributed by atoms with Gasteiger partial charge in [-0.25, -0.2) is 4.79 Å². The Kier molecular flexibility index (Phi) is 6.89. The van der Waals surface area contributed by atoms with Crippen LogP contribution >= 0.6 is 11.3 Å². The van der Waals surface area contributed by atoms with E-state index in [9.17, 15) is 9.59 Å². The SMILES string of the molecule is CNC(=O)n1c(C)cc2cc(Nc3ncnc4cc(C(=O)N5CCCC5C[I-]OC)sc34)ccc21. The molecule has 1 atom stereocenters. The molecule has 0 aliphatic carbocycles. The first-order chi connectivity index (χ1) is 17.0. The smallest absolute Gasteiger partial charge is 0.0578 e. The summed E-state index contributed by atoms with van der Waals surface area (Å²) in [6.45, 7) is 2.69. The molecular formula is C24H26IN6O3S-. The van der Waals surface area contributed by atoms with Gasteiger partial charge in [0, 0.05) is 12.7 Å². The normalized spacial score (nSPS) is 15.9. The number of halogens is 1. The van der Waals surface area contributed by atoms with Gasteiger partial charge in [-0.3, -0.25) is 4.57 Å². The number of nitrogens with one attached hydrogen (secondary N) is 2. The van der Waals surface area contributed by atoms with Crippen molar-refractivity contribution in [2.75, 3.05) is 30.4 Å². The number of rotatable bonds is 6. The molecule has 4 aromatic rings. The quantitative estimate of drug-likeness (QED) is 0.253. The molecule has 2 amide bonds. The number of thiophene rings is 1. The van der Waals surface area contributed by atoms with E-state index < -0.39 is 0 Å². The number of aryl methyl sites for hydroxylation is 1. The summed E-state index contributed by atoms with van der Waals surface area (Å²) >= 11 is 1.10. The first-order valence-electron chi connectivity index (χ1n) is 11.3. The molecule has 184 valence electrons. The van der Waals surface area contributed by atoms with Crippen LogP contribution in [0.25, 0.3) is 21.1 Å². The Hall–Kier alpha value is -2.77. The number of fused-ring (bicyclic) bond motifs is 2. The molecule has 1 aliphatic rings. The van der Waals surface area contributed by atoms with Crippen LogP contribution in [0.3, 0.4) is 0 Å². The van der Waals surface area contributed by atoms with Gasteiger partial charge in [-0.05, 0) is 13.0 Å². The number of likely N-dealkylation sites (tertiary alicyclic amines) is 1. The van der Waals surface area contributed by atoms with E-state index in [2.05, 4.69) is 20.6 Å². The topological polar surface area (TPSA) is 101 Å². The minimum absolute atomic E-state index is 0.0639. The van der Waals surface area contributed by atoms with E-state index >= 15 is 0 Å². The van der Waals surface area contributed by atoms with Gasteiger partial charge >= 0.3 is 172 Å². The molecule has 1 fully saturated rings. The van der Waals surface area contributed by atoms with Crippen LogP contribution in [0.5, 0.6) is 0 Å². The van der Waals surface area contributed by atoms with Gasteiger partial charge in [-0.2, -0.15) is 0 Å². The van der Waals surface area contributed by atoms with E-state index in [1.54, 1.807) is 18.7 Å². The molecule has 5 rings (SSSR count). The van der Waals surface area contributed by atoms with Gasteiger partial charge in [0.05, 0.1) is 5.52 Å². The van der Waals surface area contributed by atoms with E-state index in [1.165, 1.54) is 17.7 Å². The van der Waals surface area contributed by atoms with Crippen LogP contribution in [0.1, 0.15) is 28.2 Å². The molecule has 2 N–H and O–H groups in total. The van der Waals surface area contributed by atoms with Crippen molar-refractivity contribution in [2.24, 2.45) is 0 Å². The number of nitrogens with zero attached hydrogens (tertiary/aromatic N) is 4. The van der Waals surface area contributed by atoms with Crippen LogP contribution in [-0.4, -0.2) is 62.5 Å². The van der Waals surface area contributed by atoms with Gasteiger partial charge in [-0.15, -0.1) is 0 Å². The molecule has 4 heterocycles. The molecular weight excluding hydrogens is 579 g/mol. The number of carbonyl (C=O) groups excluding carboxylic acids is 2. The van der Waals surface area contributed by atoms with Crippen LogP contribution in [-0.2, 0) is 3.07 Å². The molecule has 9 nitrogen and oxygen atoms in total. The number of anilines is 2. The van der Waals surface area contributed by atoms with E-state index in [1.807, 2.05) is 42.2 Å². The van der Waals surface area contributed by atoms with Gasteiger partial charge < -0.3 is 5.32 Å². The molecule has 1 saturated heterocycles. The zero-order valence-corrected chi connectivity index (χ0v) is 22.6. The minimum Gasteiger partial charge on any atom is 0.0578 e. The number of carbonyl (C=O) groups is 2. The molecule has 0 bridgehead atoms. The maximum atomic E-state index is 13.3. The summed E-state index contributed by atoms with van der Waals surface area (Å²) in [6.07, 6.45) is 3.58. The zero-order valence-electron chi connectivity index (χ0n) is 19.7. The minimum atomic E-state index is -0.327. The maximum absolute atomic E-state index is 13.3. The predicted octanol–water partition coefficient (Wildman–Crippen LogP) is 1.14. The van der Waals surface area contributed by atoms with Gasteiger partial charge in [0.2, 0.25) is 0 Å². The Morgan fingerprint density at radius 1 is 1.26 bits per heavy atom. The Morgan fingerprint density at radius 2 is 2.11 bits per heavy atom. The average Bonchev–Trinajstić information content (AvgIpc) is 3.58. The second-order valence-electron chi connectivity index (χ2n) is 8.33. The third-order valence-electron chi connectivity index (χ3n) is 6.18. The fourth-order valence-electron chi connectivity index (χ4n) is 4.54. The second-order valence-corrected chi connectivity index (χ2v) is 11.8. The van der Waals surface area contributed by atoms with E-state index in [-0.39, 0.29) is 39.6 Å². The summed E-state index contributed by atoms with van der Waals surface area (Å²) in [7, 11) is 3.36. The Labute approximate surface area is 217 Å². The van der Waals surface area contributed by atoms with Crippen molar-refractivity contribution in [3.8, 4) is 0 Å². The summed E-state index contributed by atoms with van der Waals surface area (Å²) < 4.78 is 8.79. The number of amides is 2. The number of aromatic nitrogens is 3. The third kappa shape index (κ3) is 4.59. The van der Waals surface area contributed by atoms with Crippen molar-refractivity contribution in [2.45, 2.75) is 25.8 Å². The Bertz CT molecular complexity index is 1420. The Morgan fingerprint density at radius 3 is 2.91 bits per heavy atom. The van der Waals surface area contributed by atoms with E-state index in [4.69, 9.17) is 3.07 Å². The zero-order chi connectivity index (χ0) is 24.5. The van der Waals surface area contributed by atoms with Gasteiger partial charge in [0.15, 0.2) is 0 Å². The molecule has 11 heteroatoms. The van der Waals surface area contributed by atoms with Crippen LogP contribution in [0.15, 0.2) is 36.7 Å². The number of benzene rings is 1. The van der Waals surface area contributed by atoms with Crippen molar-refractivity contribution >= 4 is 55.9 Å². The molecule has 0 saturated carbocycles. The van der Waals surface area contributed by atoms with Crippen molar-refractivity contribution in [1.82, 2.24) is 24.8 Å². The summed E-state index contributed by atoms with van der Waals surface area (Å²) in [4.78, 5) is 37.1. The number of hydrogen-bond donors (Lipinski definition) is 2. The van der Waals surface area contributed by atoms with Gasteiger partial charge in [0.25, 0.3) is 0 Å². The van der Waals surface area contributed by atoms with Crippen molar-refractivity contribution < 1.29 is 34.3 Å². The van der Waals surface area contributed by atoms with Gasteiger partial charge in [-0.1, -0.05) is 0 Å². The van der Waals surface area contributed by atoms with Crippen molar-refractivity contribution in [3.63, 3.8) is 0 Å². The van der Waals surface area contributed by atoms with Crippen molar-refractivity contribution in [3.05, 3.63) is 47.2 Å². The number of hydrogen-bond acceptors (Lipinski definition) is 7. The van der Waals surface area contributed by atoms with Crippen LogP contribution in [0.4, 0.5) is 16.3 Å². The first kappa shape index (κ1) is 23.9. The Balaban J connectivity index is 1.42. The fraction of sp³-hybridized carbons (Fsp3) is 0.333. The molecule has 35 heavy (non-hydrogen) atoms. The third-order valence-corrected chi connectivity index (χ3v) is 9.29. The van der Waals surface area contributed by atoms with Gasteiger partial charge in [0.1, 0.15) is 0 Å². The summed E-state index contributed by atoms with van der Waals surface area (Å²) in [5.74, 6) is 0.720. The summed E-state index contributed by atoms with van der Waals surface area (Å²) in [6, 6.07) is 9.76. The van der Waals surface area contributed by atoms with Crippen LogP contribution in [0.2, 0.25) is 0 Å². The standard InChI is InChI=1S/C24H26IN6O3S/c1-14-9-15-10-16(6-7-19(15)31(14)24(33)26-2)29-22-21-18(27-13-28-22)11-20(35-21)23(32)30-8-4-5-17(30)12-25-34-3/h6-7,9-11,13,17H,4-5,8,12H2,1-3H3,(H,26,33)(H,27,28,29)/q-1. The van der Waals surface area contributed by atoms with E-state index in [0.29, 0.717) is 10.7 Å². The van der Waals surface area contributed by atoms with Crippen LogP contribution < -0.4 is 32.3 Å². The summed E-state index contributed by atoms with van der Waals surface area (Å²) in [5, 5.41) is 7.00. The molecule has 1 unspecified atom stereocenters. The molecule has 1 aromatic carbocycles. The molecule has 1 aliphatic heterocycles. The summed E-state index contributed by atoms with van der Waals surface area (Å²) in [5.41, 5.74) is 3.28. The number of alkyl halides is 1. The molecule has 0 spiro atoms.